The molecule has 2 N–H and O–H groups in total. The number of carbonyl (C=O) groups excluding carboxylic acids is 3. The minimum atomic E-state index is -0.934. The summed E-state index contributed by atoms with van der Waals surface area (Å²) in [5.74, 6) is -2.07. The Morgan fingerprint density at radius 1 is 0.889 bits per heavy atom. The number of ketones is 1. The lowest BCUT2D eigenvalue weighted by atomic mass is 10.1. The first-order valence-electron chi connectivity index (χ1n) is 8.15. The zero-order valence-corrected chi connectivity index (χ0v) is 14.5. The zero-order chi connectivity index (χ0) is 19.8. The van der Waals surface area contributed by atoms with Crippen LogP contribution in [0.15, 0.2) is 48.5 Å². The third kappa shape index (κ3) is 6.50. The second-order valence-electron chi connectivity index (χ2n) is 5.68. The molecule has 2 aromatic rings. The Labute approximate surface area is 154 Å². The predicted molar refractivity (Wildman–Crippen MR) is 92.7 cm³/mol. The largest absolute Gasteiger partial charge is 0.481 e. The topological polar surface area (TPSA) is 84.5 Å². The summed E-state index contributed by atoms with van der Waals surface area (Å²) >= 11 is 0. The van der Waals surface area contributed by atoms with E-state index in [0.717, 1.165) is 12.1 Å². The fraction of sp³-hybridized carbons (Fsp3) is 0.211. The van der Waals surface area contributed by atoms with E-state index < -0.39 is 29.6 Å². The van der Waals surface area contributed by atoms with Gasteiger partial charge in [0, 0.05) is 18.4 Å². The van der Waals surface area contributed by atoms with Crippen LogP contribution >= 0.6 is 0 Å². The molecule has 0 bridgehead atoms. The number of amides is 2. The van der Waals surface area contributed by atoms with Crippen molar-refractivity contribution in [3.05, 3.63) is 65.7 Å². The lowest BCUT2D eigenvalue weighted by molar-refractivity contribution is -0.132. The van der Waals surface area contributed by atoms with Gasteiger partial charge in [0.1, 0.15) is 17.4 Å². The predicted octanol–water partition coefficient (Wildman–Crippen LogP) is 2.54. The maximum Gasteiger partial charge on any atom is 0.279 e. The van der Waals surface area contributed by atoms with E-state index in [1.165, 1.54) is 43.3 Å². The van der Waals surface area contributed by atoms with Crippen LogP contribution in [0.5, 0.6) is 5.75 Å². The van der Waals surface area contributed by atoms with E-state index in [9.17, 15) is 23.2 Å². The molecule has 0 aromatic heterocycles. The summed E-state index contributed by atoms with van der Waals surface area (Å²) in [6, 6.07) is 10.1. The summed E-state index contributed by atoms with van der Waals surface area (Å²) < 4.78 is 31.0. The van der Waals surface area contributed by atoms with Crippen molar-refractivity contribution in [1.29, 1.82) is 0 Å². The quantitative estimate of drug-likeness (QED) is 0.575. The van der Waals surface area contributed by atoms with Gasteiger partial charge in [0.2, 0.25) is 5.91 Å². The Balaban J connectivity index is 1.72. The number of nitrogens with one attached hydrogen (secondary N) is 2. The van der Waals surface area contributed by atoms with Crippen LogP contribution in [0.4, 0.5) is 8.78 Å². The summed E-state index contributed by atoms with van der Waals surface area (Å²) in [6.07, 6.45) is -1.17. The fourth-order valence-electron chi connectivity index (χ4n) is 2.07. The molecule has 8 heteroatoms. The average Bonchev–Trinajstić information content (AvgIpc) is 2.66. The maximum absolute atomic E-state index is 12.8. The molecule has 0 spiro atoms. The van der Waals surface area contributed by atoms with Crippen molar-refractivity contribution < 1.29 is 27.9 Å². The molecular weight excluding hydrogens is 358 g/mol. The van der Waals surface area contributed by atoms with E-state index in [0.29, 0.717) is 11.3 Å². The molecule has 0 heterocycles. The SMILES string of the molecule is C[C@H](Oc1ccc(F)cc1)C(=O)NNC(=O)CCC(=O)c1ccc(F)cc1. The van der Waals surface area contributed by atoms with Crippen LogP contribution in [0.25, 0.3) is 0 Å². The minimum absolute atomic E-state index is 0.0883. The molecule has 1 atom stereocenters. The van der Waals surface area contributed by atoms with Crippen molar-refractivity contribution in [1.82, 2.24) is 10.9 Å². The van der Waals surface area contributed by atoms with Crippen molar-refractivity contribution in [2.45, 2.75) is 25.9 Å². The van der Waals surface area contributed by atoms with Gasteiger partial charge in [0.05, 0.1) is 0 Å². The Kier molecular flexibility index (Phi) is 6.99. The Morgan fingerprint density at radius 3 is 2.04 bits per heavy atom. The molecule has 27 heavy (non-hydrogen) atoms. The number of benzene rings is 2. The second kappa shape index (κ2) is 9.42. The molecular formula is C19H18F2N2O4. The smallest absolute Gasteiger partial charge is 0.279 e. The highest BCUT2D eigenvalue weighted by Gasteiger charge is 2.16. The number of rotatable bonds is 7. The van der Waals surface area contributed by atoms with Crippen LogP contribution in [0.2, 0.25) is 0 Å². The standard InChI is InChI=1S/C19H18F2N2O4/c1-12(27-16-8-6-15(21)7-9-16)19(26)23-22-18(25)11-10-17(24)13-2-4-14(20)5-3-13/h2-9,12H,10-11H2,1H3,(H,22,25)(H,23,26)/t12-/m0/s1. The maximum atomic E-state index is 12.8. The summed E-state index contributed by atoms with van der Waals surface area (Å²) in [6.45, 7) is 1.46. The van der Waals surface area contributed by atoms with Gasteiger partial charge in [-0.2, -0.15) is 0 Å². The second-order valence-corrected chi connectivity index (χ2v) is 5.68. The van der Waals surface area contributed by atoms with Gasteiger partial charge in [0.25, 0.3) is 5.91 Å². The van der Waals surface area contributed by atoms with Gasteiger partial charge in [-0.05, 0) is 55.5 Å². The van der Waals surface area contributed by atoms with Crippen LogP contribution in [0.3, 0.4) is 0 Å². The molecule has 142 valence electrons. The highest BCUT2D eigenvalue weighted by atomic mass is 19.1. The molecule has 0 unspecified atom stereocenters. The van der Waals surface area contributed by atoms with Crippen LogP contribution < -0.4 is 15.6 Å². The number of carbonyl (C=O) groups is 3. The molecule has 0 saturated carbocycles. The number of Topliss-reactive ketones (excluding diaryl/α,β-unsaturated/α-hetero) is 1. The van der Waals surface area contributed by atoms with Gasteiger partial charge in [-0.25, -0.2) is 8.78 Å². The number of hydrogen-bond donors (Lipinski definition) is 2. The molecule has 0 aliphatic rings. The van der Waals surface area contributed by atoms with Crippen LogP contribution in [0, 0.1) is 11.6 Å². The highest BCUT2D eigenvalue weighted by molar-refractivity contribution is 5.98. The van der Waals surface area contributed by atoms with E-state index in [1.807, 2.05) is 0 Å². The van der Waals surface area contributed by atoms with Gasteiger partial charge in [-0.3, -0.25) is 25.2 Å². The fourth-order valence-corrected chi connectivity index (χ4v) is 2.07. The molecule has 0 aliphatic carbocycles. The Bertz CT molecular complexity index is 807. The normalized spacial score (nSPS) is 11.4. The molecule has 0 fully saturated rings. The van der Waals surface area contributed by atoms with Gasteiger partial charge in [0.15, 0.2) is 11.9 Å². The monoisotopic (exact) mass is 376 g/mol. The summed E-state index contributed by atoms with van der Waals surface area (Å²) in [4.78, 5) is 35.5. The summed E-state index contributed by atoms with van der Waals surface area (Å²) in [5, 5.41) is 0. The van der Waals surface area contributed by atoms with E-state index in [1.54, 1.807) is 0 Å². The summed E-state index contributed by atoms with van der Waals surface area (Å²) in [7, 11) is 0. The van der Waals surface area contributed by atoms with Crippen LogP contribution in [0.1, 0.15) is 30.1 Å². The minimum Gasteiger partial charge on any atom is -0.481 e. The number of hydrazine groups is 1. The molecule has 6 nitrogen and oxygen atoms in total. The van der Waals surface area contributed by atoms with Crippen LogP contribution in [-0.2, 0) is 9.59 Å². The third-order valence-electron chi connectivity index (χ3n) is 3.57. The van der Waals surface area contributed by atoms with E-state index in [-0.39, 0.29) is 18.6 Å². The van der Waals surface area contributed by atoms with Gasteiger partial charge in [-0.1, -0.05) is 0 Å². The van der Waals surface area contributed by atoms with Gasteiger partial charge < -0.3 is 4.74 Å². The highest BCUT2D eigenvalue weighted by Crippen LogP contribution is 2.13. The lowest BCUT2D eigenvalue weighted by Crippen LogP contribution is -2.47. The van der Waals surface area contributed by atoms with Crippen molar-refractivity contribution in [3.63, 3.8) is 0 Å². The van der Waals surface area contributed by atoms with Crippen molar-refractivity contribution >= 4 is 17.6 Å². The third-order valence-corrected chi connectivity index (χ3v) is 3.57. The Morgan fingerprint density at radius 2 is 1.44 bits per heavy atom. The molecule has 2 aromatic carbocycles. The molecule has 0 saturated heterocycles. The van der Waals surface area contributed by atoms with Crippen molar-refractivity contribution in [3.8, 4) is 5.75 Å². The van der Waals surface area contributed by atoms with Crippen molar-refractivity contribution in [2.75, 3.05) is 0 Å². The van der Waals surface area contributed by atoms with E-state index >= 15 is 0 Å². The molecule has 0 radical (unpaired) electrons. The molecule has 2 rings (SSSR count). The van der Waals surface area contributed by atoms with E-state index in [2.05, 4.69) is 10.9 Å². The Hall–Kier alpha value is -3.29. The average molecular weight is 376 g/mol. The lowest BCUT2D eigenvalue weighted by Gasteiger charge is -2.15. The molecule has 2 amide bonds. The number of ether oxygens (including phenoxy) is 1. The van der Waals surface area contributed by atoms with Crippen molar-refractivity contribution in [2.24, 2.45) is 0 Å². The number of halogens is 2. The number of hydrogen-bond acceptors (Lipinski definition) is 4. The summed E-state index contributed by atoms with van der Waals surface area (Å²) in [5.41, 5.74) is 4.67. The van der Waals surface area contributed by atoms with Gasteiger partial charge in [-0.15, -0.1) is 0 Å². The first-order chi connectivity index (χ1) is 12.8. The van der Waals surface area contributed by atoms with E-state index in [4.69, 9.17) is 4.74 Å². The first kappa shape index (κ1) is 20.0. The van der Waals surface area contributed by atoms with Gasteiger partial charge >= 0.3 is 0 Å². The first-order valence-corrected chi connectivity index (χ1v) is 8.15. The van der Waals surface area contributed by atoms with Crippen LogP contribution in [-0.4, -0.2) is 23.7 Å². The zero-order valence-electron chi connectivity index (χ0n) is 14.5. The molecule has 0 aliphatic heterocycles.